The van der Waals surface area contributed by atoms with E-state index in [4.69, 9.17) is 4.74 Å². The van der Waals surface area contributed by atoms with Crippen LogP contribution in [0.25, 0.3) is 0 Å². The van der Waals surface area contributed by atoms with E-state index in [0.717, 1.165) is 0 Å². The van der Waals surface area contributed by atoms with E-state index < -0.39 is 23.8 Å². The van der Waals surface area contributed by atoms with Crippen molar-refractivity contribution in [2.75, 3.05) is 25.2 Å². The maximum atomic E-state index is 12.0. The molecular formula is C15H20BrN3O4S. The normalized spacial score (nSPS) is 11.5. The Bertz CT molecular complexity index is 586. The summed E-state index contributed by atoms with van der Waals surface area (Å²) in [5.74, 6) is -0.636. The van der Waals surface area contributed by atoms with Gasteiger partial charge in [0.1, 0.15) is 6.04 Å². The highest BCUT2D eigenvalue weighted by atomic mass is 79.9. The van der Waals surface area contributed by atoms with E-state index in [0.29, 0.717) is 22.2 Å². The minimum absolute atomic E-state index is 0.236. The smallest absolute Gasteiger partial charge is 0.328 e. The number of rotatable bonds is 9. The number of aromatic nitrogens is 1. The summed E-state index contributed by atoms with van der Waals surface area (Å²) in [4.78, 5) is 39.6. The molecule has 2 amide bonds. The van der Waals surface area contributed by atoms with Crippen LogP contribution in [0.5, 0.6) is 0 Å². The minimum Gasteiger partial charge on any atom is -0.464 e. The third kappa shape index (κ3) is 7.31. The molecule has 0 aliphatic heterocycles. The molecule has 0 bridgehead atoms. The molecule has 9 heteroatoms. The van der Waals surface area contributed by atoms with Crippen LogP contribution in [0.15, 0.2) is 22.9 Å². The van der Waals surface area contributed by atoms with E-state index in [9.17, 15) is 14.4 Å². The van der Waals surface area contributed by atoms with Crippen molar-refractivity contribution < 1.29 is 19.1 Å². The standard InChI is InChI=1S/C15H20BrN3O4S/c1-3-23-15(22)12(4-5-24-2)19-13(20)9-18-14(21)10-6-11(16)8-17-7-10/h6-8,12H,3-5,9H2,1-2H3,(H,18,21)(H,19,20)/t12-/m1/s1. The van der Waals surface area contributed by atoms with Crippen LogP contribution in [0, 0.1) is 0 Å². The predicted molar refractivity (Wildman–Crippen MR) is 95.8 cm³/mol. The van der Waals surface area contributed by atoms with Crippen molar-refractivity contribution in [3.63, 3.8) is 0 Å². The Labute approximate surface area is 153 Å². The summed E-state index contributed by atoms with van der Waals surface area (Å²) in [6, 6.07) is 0.884. The molecule has 132 valence electrons. The second-order valence-electron chi connectivity index (χ2n) is 4.73. The molecule has 1 aromatic heterocycles. The molecule has 7 nitrogen and oxygen atoms in total. The highest BCUT2D eigenvalue weighted by molar-refractivity contribution is 9.10. The van der Waals surface area contributed by atoms with E-state index in [1.807, 2.05) is 6.26 Å². The first-order chi connectivity index (χ1) is 11.5. The molecule has 0 aliphatic carbocycles. The molecule has 0 spiro atoms. The van der Waals surface area contributed by atoms with E-state index in [-0.39, 0.29) is 13.2 Å². The lowest BCUT2D eigenvalue weighted by Crippen LogP contribution is -2.46. The van der Waals surface area contributed by atoms with Gasteiger partial charge < -0.3 is 15.4 Å². The third-order valence-electron chi connectivity index (χ3n) is 2.89. The summed E-state index contributed by atoms with van der Waals surface area (Å²) < 4.78 is 5.61. The van der Waals surface area contributed by atoms with Crippen molar-refractivity contribution in [2.24, 2.45) is 0 Å². The fraction of sp³-hybridized carbons (Fsp3) is 0.467. The number of nitrogens with one attached hydrogen (secondary N) is 2. The van der Waals surface area contributed by atoms with Crippen molar-refractivity contribution in [2.45, 2.75) is 19.4 Å². The zero-order chi connectivity index (χ0) is 17.9. The molecule has 0 unspecified atom stereocenters. The number of pyridine rings is 1. The molecule has 0 radical (unpaired) electrons. The summed E-state index contributed by atoms with van der Waals surface area (Å²) in [6.07, 6.45) is 5.34. The number of hydrogen-bond acceptors (Lipinski definition) is 6. The van der Waals surface area contributed by atoms with Gasteiger partial charge in [0, 0.05) is 16.9 Å². The van der Waals surface area contributed by atoms with Gasteiger partial charge >= 0.3 is 5.97 Å². The van der Waals surface area contributed by atoms with E-state index in [1.54, 1.807) is 30.9 Å². The molecule has 1 aromatic rings. The highest BCUT2D eigenvalue weighted by Crippen LogP contribution is 2.09. The molecule has 0 aromatic carbocycles. The summed E-state index contributed by atoms with van der Waals surface area (Å²) >= 11 is 4.79. The maximum absolute atomic E-state index is 12.0. The summed E-state index contributed by atoms with van der Waals surface area (Å²) in [5.41, 5.74) is 0.335. The second-order valence-corrected chi connectivity index (χ2v) is 6.63. The molecule has 2 N–H and O–H groups in total. The van der Waals surface area contributed by atoms with Crippen molar-refractivity contribution >= 4 is 45.5 Å². The summed E-state index contributed by atoms with van der Waals surface area (Å²) in [7, 11) is 0. The van der Waals surface area contributed by atoms with Gasteiger partial charge in [-0.1, -0.05) is 0 Å². The monoisotopic (exact) mass is 417 g/mol. The summed E-state index contributed by atoms with van der Waals surface area (Å²) in [5, 5.41) is 5.08. The Kier molecular flexibility index (Phi) is 9.39. The molecule has 1 rings (SSSR count). The van der Waals surface area contributed by atoms with Gasteiger partial charge in [-0.15, -0.1) is 0 Å². The average Bonchev–Trinajstić information content (AvgIpc) is 2.56. The second kappa shape index (κ2) is 11.0. The van der Waals surface area contributed by atoms with Gasteiger partial charge in [-0.05, 0) is 47.3 Å². The number of esters is 1. The average molecular weight is 418 g/mol. The van der Waals surface area contributed by atoms with E-state index >= 15 is 0 Å². The molecule has 1 atom stereocenters. The van der Waals surface area contributed by atoms with Crippen LogP contribution >= 0.6 is 27.7 Å². The Morgan fingerprint density at radius 1 is 1.38 bits per heavy atom. The molecule has 0 aliphatic rings. The van der Waals surface area contributed by atoms with Crippen molar-refractivity contribution in [1.29, 1.82) is 0 Å². The van der Waals surface area contributed by atoms with Gasteiger partial charge in [-0.3, -0.25) is 14.6 Å². The van der Waals surface area contributed by atoms with E-state index in [1.165, 1.54) is 6.20 Å². The van der Waals surface area contributed by atoms with Crippen molar-refractivity contribution in [3.8, 4) is 0 Å². The Morgan fingerprint density at radius 2 is 2.12 bits per heavy atom. The number of carbonyl (C=O) groups excluding carboxylic acids is 3. The van der Waals surface area contributed by atoms with Crippen LogP contribution in [0.3, 0.4) is 0 Å². The largest absolute Gasteiger partial charge is 0.464 e. The lowest BCUT2D eigenvalue weighted by atomic mass is 10.2. The quantitative estimate of drug-likeness (QED) is 0.588. The molecule has 0 saturated heterocycles. The van der Waals surface area contributed by atoms with Crippen LogP contribution in [0.1, 0.15) is 23.7 Å². The van der Waals surface area contributed by atoms with Gasteiger partial charge in [-0.2, -0.15) is 11.8 Å². The number of nitrogens with zero attached hydrogens (tertiary/aromatic N) is 1. The van der Waals surface area contributed by atoms with Crippen LogP contribution in [-0.2, 0) is 14.3 Å². The molecule has 24 heavy (non-hydrogen) atoms. The minimum atomic E-state index is -0.714. The molecule has 0 saturated carbocycles. The highest BCUT2D eigenvalue weighted by Gasteiger charge is 2.21. The van der Waals surface area contributed by atoms with Crippen molar-refractivity contribution in [1.82, 2.24) is 15.6 Å². The fourth-order valence-corrected chi connectivity index (χ4v) is 2.61. The van der Waals surface area contributed by atoms with E-state index in [2.05, 4.69) is 31.5 Å². The zero-order valence-corrected chi connectivity index (χ0v) is 15.9. The molecule has 1 heterocycles. The number of thioether (sulfide) groups is 1. The number of ether oxygens (including phenoxy) is 1. The van der Waals surface area contributed by atoms with Crippen LogP contribution in [0.4, 0.5) is 0 Å². The lowest BCUT2D eigenvalue weighted by molar-refractivity contribution is -0.147. The molecular weight excluding hydrogens is 398 g/mol. The Morgan fingerprint density at radius 3 is 2.75 bits per heavy atom. The Balaban J connectivity index is 2.52. The number of amides is 2. The van der Waals surface area contributed by atoms with Crippen molar-refractivity contribution in [3.05, 3.63) is 28.5 Å². The number of hydrogen-bond donors (Lipinski definition) is 2. The maximum Gasteiger partial charge on any atom is 0.328 e. The van der Waals surface area contributed by atoms with Gasteiger partial charge in [0.15, 0.2) is 0 Å². The van der Waals surface area contributed by atoms with Crippen LogP contribution < -0.4 is 10.6 Å². The number of halogens is 1. The predicted octanol–water partition coefficient (Wildman–Crippen LogP) is 1.37. The first kappa shape index (κ1) is 20.4. The Hall–Kier alpha value is -1.61. The third-order valence-corrected chi connectivity index (χ3v) is 3.97. The number of carbonyl (C=O) groups is 3. The van der Waals surface area contributed by atoms with Crippen LogP contribution in [-0.4, -0.2) is 54.0 Å². The van der Waals surface area contributed by atoms with Gasteiger partial charge in [0.05, 0.1) is 18.7 Å². The summed E-state index contributed by atoms with van der Waals surface area (Å²) in [6.45, 7) is 1.72. The SMILES string of the molecule is CCOC(=O)[C@@H](CCSC)NC(=O)CNC(=O)c1cncc(Br)c1. The first-order valence-electron chi connectivity index (χ1n) is 7.31. The topological polar surface area (TPSA) is 97.4 Å². The fourth-order valence-electron chi connectivity index (χ4n) is 1.77. The van der Waals surface area contributed by atoms with Crippen LogP contribution in [0.2, 0.25) is 0 Å². The van der Waals surface area contributed by atoms with Gasteiger partial charge in [0.2, 0.25) is 5.91 Å². The lowest BCUT2D eigenvalue weighted by Gasteiger charge is -2.17. The van der Waals surface area contributed by atoms with Gasteiger partial charge in [0.25, 0.3) is 5.91 Å². The first-order valence-corrected chi connectivity index (χ1v) is 9.50. The molecule has 0 fully saturated rings. The van der Waals surface area contributed by atoms with Gasteiger partial charge in [-0.25, -0.2) is 4.79 Å². The zero-order valence-electron chi connectivity index (χ0n) is 13.5.